The Morgan fingerprint density at radius 3 is 2.75 bits per heavy atom. The lowest BCUT2D eigenvalue weighted by atomic mass is 9.78. The second-order valence-electron chi connectivity index (χ2n) is 5.26. The van der Waals surface area contributed by atoms with Crippen LogP contribution in [0.1, 0.15) is 46.0 Å². The van der Waals surface area contributed by atoms with Gasteiger partial charge in [0.25, 0.3) is 0 Å². The standard InChI is InChI=1S/C13H24O3/c1-9-5-4-6-11(7-9)12(14)8-10(2)13(15)16-3/h9-12,14H,4-8H2,1-3H3. The van der Waals surface area contributed by atoms with E-state index in [4.69, 9.17) is 0 Å². The van der Waals surface area contributed by atoms with Crippen molar-refractivity contribution >= 4 is 5.97 Å². The molecular formula is C13H24O3. The smallest absolute Gasteiger partial charge is 0.308 e. The Morgan fingerprint density at radius 2 is 2.19 bits per heavy atom. The number of esters is 1. The maximum atomic E-state index is 11.3. The van der Waals surface area contributed by atoms with E-state index < -0.39 is 0 Å². The fourth-order valence-electron chi connectivity index (χ4n) is 2.68. The third kappa shape index (κ3) is 3.78. The molecule has 1 aliphatic rings. The Labute approximate surface area is 98.2 Å². The minimum Gasteiger partial charge on any atom is -0.469 e. The maximum absolute atomic E-state index is 11.3. The predicted molar refractivity (Wildman–Crippen MR) is 62.9 cm³/mol. The predicted octanol–water partition coefficient (Wildman–Crippen LogP) is 2.37. The number of aliphatic hydroxyl groups is 1. The van der Waals surface area contributed by atoms with Crippen LogP contribution < -0.4 is 0 Å². The van der Waals surface area contributed by atoms with Crippen molar-refractivity contribution in [3.05, 3.63) is 0 Å². The average molecular weight is 228 g/mol. The normalized spacial score (nSPS) is 29.5. The molecule has 0 heterocycles. The largest absolute Gasteiger partial charge is 0.469 e. The minimum atomic E-state index is -0.350. The quantitative estimate of drug-likeness (QED) is 0.751. The van der Waals surface area contributed by atoms with Gasteiger partial charge in [-0.2, -0.15) is 0 Å². The molecule has 0 aromatic carbocycles. The van der Waals surface area contributed by atoms with Crippen LogP contribution in [0.5, 0.6) is 0 Å². The highest BCUT2D eigenvalue weighted by Gasteiger charge is 2.28. The maximum Gasteiger partial charge on any atom is 0.308 e. The lowest BCUT2D eigenvalue weighted by Crippen LogP contribution is -2.29. The first-order valence-corrected chi connectivity index (χ1v) is 6.30. The van der Waals surface area contributed by atoms with Crippen LogP contribution in [0, 0.1) is 17.8 Å². The molecule has 1 fully saturated rings. The van der Waals surface area contributed by atoms with Gasteiger partial charge in [0.2, 0.25) is 0 Å². The van der Waals surface area contributed by atoms with Gasteiger partial charge in [-0.05, 0) is 31.1 Å². The fourth-order valence-corrected chi connectivity index (χ4v) is 2.68. The molecule has 16 heavy (non-hydrogen) atoms. The Balaban J connectivity index is 2.38. The summed E-state index contributed by atoms with van der Waals surface area (Å²) in [6, 6.07) is 0. The number of aliphatic hydroxyl groups excluding tert-OH is 1. The first-order chi connectivity index (χ1) is 7.54. The van der Waals surface area contributed by atoms with Crippen LogP contribution >= 0.6 is 0 Å². The molecule has 1 saturated carbocycles. The van der Waals surface area contributed by atoms with E-state index in [2.05, 4.69) is 11.7 Å². The summed E-state index contributed by atoms with van der Waals surface area (Å²) < 4.78 is 4.67. The van der Waals surface area contributed by atoms with Crippen molar-refractivity contribution in [3.63, 3.8) is 0 Å². The number of hydrogen-bond donors (Lipinski definition) is 1. The van der Waals surface area contributed by atoms with E-state index in [1.807, 2.05) is 6.92 Å². The molecular weight excluding hydrogens is 204 g/mol. The minimum absolute atomic E-state index is 0.197. The molecule has 3 heteroatoms. The molecule has 3 nitrogen and oxygen atoms in total. The van der Waals surface area contributed by atoms with Crippen LogP contribution in [0.4, 0.5) is 0 Å². The first kappa shape index (κ1) is 13.5. The lowest BCUT2D eigenvalue weighted by molar-refractivity contribution is -0.146. The van der Waals surface area contributed by atoms with Crippen LogP contribution in [0.25, 0.3) is 0 Å². The van der Waals surface area contributed by atoms with Gasteiger partial charge >= 0.3 is 5.97 Å². The van der Waals surface area contributed by atoms with Gasteiger partial charge in [-0.25, -0.2) is 0 Å². The van der Waals surface area contributed by atoms with Crippen molar-refractivity contribution < 1.29 is 14.6 Å². The van der Waals surface area contributed by atoms with Gasteiger partial charge in [0, 0.05) is 0 Å². The number of rotatable bonds is 4. The molecule has 4 atom stereocenters. The zero-order valence-electron chi connectivity index (χ0n) is 10.6. The summed E-state index contributed by atoms with van der Waals surface area (Å²) >= 11 is 0. The number of hydrogen-bond acceptors (Lipinski definition) is 3. The van der Waals surface area contributed by atoms with Crippen molar-refractivity contribution in [2.75, 3.05) is 7.11 Å². The summed E-state index contributed by atoms with van der Waals surface area (Å²) in [4.78, 5) is 11.3. The monoisotopic (exact) mass is 228 g/mol. The molecule has 0 aromatic rings. The van der Waals surface area contributed by atoms with E-state index in [0.717, 1.165) is 12.8 Å². The summed E-state index contributed by atoms with van der Waals surface area (Å²) in [7, 11) is 1.40. The number of methoxy groups -OCH3 is 1. The van der Waals surface area contributed by atoms with Crippen LogP contribution in [0.2, 0.25) is 0 Å². The van der Waals surface area contributed by atoms with Gasteiger partial charge in [0.05, 0.1) is 19.1 Å². The SMILES string of the molecule is COC(=O)C(C)CC(O)C1CCCC(C)C1. The van der Waals surface area contributed by atoms with E-state index >= 15 is 0 Å². The van der Waals surface area contributed by atoms with Gasteiger partial charge in [-0.1, -0.05) is 26.7 Å². The van der Waals surface area contributed by atoms with Gasteiger partial charge in [-0.3, -0.25) is 4.79 Å². The molecule has 0 amide bonds. The highest BCUT2D eigenvalue weighted by molar-refractivity contribution is 5.71. The molecule has 4 unspecified atom stereocenters. The van der Waals surface area contributed by atoms with E-state index in [0.29, 0.717) is 18.3 Å². The molecule has 0 spiro atoms. The van der Waals surface area contributed by atoms with Crippen LogP contribution in [0.3, 0.4) is 0 Å². The fraction of sp³-hybridized carbons (Fsp3) is 0.923. The summed E-state index contributed by atoms with van der Waals surface area (Å²) in [5, 5.41) is 10.1. The number of ether oxygens (including phenoxy) is 1. The topological polar surface area (TPSA) is 46.5 Å². The summed E-state index contributed by atoms with van der Waals surface area (Å²) in [5.41, 5.74) is 0. The zero-order valence-corrected chi connectivity index (χ0v) is 10.6. The molecule has 0 aliphatic heterocycles. The second kappa shape index (κ2) is 6.24. The van der Waals surface area contributed by atoms with Crippen molar-refractivity contribution in [3.8, 4) is 0 Å². The number of carbonyl (C=O) groups excluding carboxylic acids is 1. The second-order valence-corrected chi connectivity index (χ2v) is 5.26. The molecule has 0 radical (unpaired) electrons. The molecule has 94 valence electrons. The molecule has 1 N–H and O–H groups in total. The molecule has 1 rings (SSSR count). The van der Waals surface area contributed by atoms with Crippen molar-refractivity contribution in [1.82, 2.24) is 0 Å². The van der Waals surface area contributed by atoms with E-state index in [1.54, 1.807) is 0 Å². The van der Waals surface area contributed by atoms with Crippen LogP contribution in [-0.4, -0.2) is 24.3 Å². The highest BCUT2D eigenvalue weighted by Crippen LogP contribution is 2.32. The average Bonchev–Trinajstić information content (AvgIpc) is 2.27. The molecule has 0 aromatic heterocycles. The molecule has 0 bridgehead atoms. The Bertz CT molecular complexity index is 227. The van der Waals surface area contributed by atoms with Crippen LogP contribution in [-0.2, 0) is 9.53 Å². The summed E-state index contributed by atoms with van der Waals surface area (Å²) in [6.07, 6.45) is 4.85. The third-order valence-corrected chi connectivity index (χ3v) is 3.72. The highest BCUT2D eigenvalue weighted by atomic mass is 16.5. The van der Waals surface area contributed by atoms with Gasteiger partial charge in [0.1, 0.15) is 0 Å². The summed E-state index contributed by atoms with van der Waals surface area (Å²) in [6.45, 7) is 4.06. The number of carbonyl (C=O) groups is 1. The van der Waals surface area contributed by atoms with Crippen LogP contribution in [0.15, 0.2) is 0 Å². The Morgan fingerprint density at radius 1 is 1.50 bits per heavy atom. The van der Waals surface area contributed by atoms with E-state index in [1.165, 1.54) is 20.0 Å². The van der Waals surface area contributed by atoms with E-state index in [-0.39, 0.29) is 18.0 Å². The van der Waals surface area contributed by atoms with Gasteiger partial charge < -0.3 is 9.84 Å². The van der Waals surface area contributed by atoms with Crippen molar-refractivity contribution in [1.29, 1.82) is 0 Å². The third-order valence-electron chi connectivity index (χ3n) is 3.72. The van der Waals surface area contributed by atoms with Crippen molar-refractivity contribution in [2.24, 2.45) is 17.8 Å². The Hall–Kier alpha value is -0.570. The zero-order chi connectivity index (χ0) is 12.1. The summed E-state index contributed by atoms with van der Waals surface area (Å²) in [5.74, 6) is 0.665. The van der Waals surface area contributed by atoms with E-state index in [9.17, 15) is 9.90 Å². The molecule has 0 saturated heterocycles. The lowest BCUT2D eigenvalue weighted by Gasteiger charge is -2.31. The molecule has 1 aliphatic carbocycles. The first-order valence-electron chi connectivity index (χ1n) is 6.30. The Kier molecular flexibility index (Phi) is 5.26. The van der Waals surface area contributed by atoms with Gasteiger partial charge in [0.15, 0.2) is 0 Å². The van der Waals surface area contributed by atoms with Gasteiger partial charge in [-0.15, -0.1) is 0 Å². The van der Waals surface area contributed by atoms with Crippen molar-refractivity contribution in [2.45, 2.75) is 52.1 Å².